The van der Waals surface area contributed by atoms with E-state index >= 15 is 0 Å². The maximum atomic E-state index is 12.2. The van der Waals surface area contributed by atoms with Crippen molar-refractivity contribution in [3.05, 3.63) is 64.7 Å². The molecule has 2 rings (SSSR count). The van der Waals surface area contributed by atoms with Crippen molar-refractivity contribution in [3.8, 4) is 0 Å². The summed E-state index contributed by atoms with van der Waals surface area (Å²) in [6.45, 7) is 6.88. The van der Waals surface area contributed by atoms with E-state index in [0.29, 0.717) is 17.1 Å². The third kappa shape index (κ3) is 6.55. The number of nitrogens with one attached hydrogen (secondary N) is 3. The van der Waals surface area contributed by atoms with Gasteiger partial charge in [0.2, 0.25) is 0 Å². The van der Waals surface area contributed by atoms with E-state index in [1.807, 2.05) is 43.4 Å². The molecule has 0 bridgehead atoms. The number of benzene rings is 2. The number of hydrazine groups is 1. The van der Waals surface area contributed by atoms with Gasteiger partial charge in [-0.2, -0.15) is 0 Å². The van der Waals surface area contributed by atoms with Gasteiger partial charge in [0.25, 0.3) is 11.8 Å². The average molecular weight is 404 g/mol. The van der Waals surface area contributed by atoms with Gasteiger partial charge in [-0.15, -0.1) is 0 Å². The van der Waals surface area contributed by atoms with Crippen molar-refractivity contribution < 1.29 is 14.5 Å². The normalized spacial score (nSPS) is 11.6. The maximum absolute atomic E-state index is 12.2. The lowest BCUT2D eigenvalue weighted by atomic mass is 10.2. The lowest BCUT2D eigenvalue weighted by molar-refractivity contribution is -0.885. The minimum Gasteiger partial charge on any atom is -0.372 e. The van der Waals surface area contributed by atoms with Crippen LogP contribution in [-0.2, 0) is 11.3 Å². The fourth-order valence-electron chi connectivity index (χ4n) is 2.99. The fraction of sp³-hybridized carbons (Fsp3) is 0.333. The Morgan fingerprint density at radius 2 is 1.71 bits per heavy atom. The number of quaternary nitrogens is 1. The number of halogens is 1. The second-order valence-electron chi connectivity index (χ2n) is 6.66. The van der Waals surface area contributed by atoms with Crippen molar-refractivity contribution in [1.29, 1.82) is 0 Å². The van der Waals surface area contributed by atoms with Crippen molar-refractivity contribution in [2.75, 3.05) is 31.6 Å². The van der Waals surface area contributed by atoms with Gasteiger partial charge in [0.05, 0.1) is 7.05 Å². The Morgan fingerprint density at radius 3 is 2.32 bits per heavy atom. The van der Waals surface area contributed by atoms with E-state index in [0.717, 1.165) is 29.2 Å². The first-order valence-corrected chi connectivity index (χ1v) is 9.80. The molecule has 0 radical (unpaired) electrons. The van der Waals surface area contributed by atoms with Gasteiger partial charge in [0, 0.05) is 34.9 Å². The van der Waals surface area contributed by atoms with Crippen LogP contribution in [-0.4, -0.2) is 38.5 Å². The largest absolute Gasteiger partial charge is 0.372 e. The molecule has 3 N–H and O–H groups in total. The summed E-state index contributed by atoms with van der Waals surface area (Å²) in [6, 6.07) is 14.9. The molecule has 0 spiro atoms. The quantitative estimate of drug-likeness (QED) is 0.587. The number of hydrogen-bond donors (Lipinski definition) is 3. The van der Waals surface area contributed by atoms with Crippen LogP contribution in [0.1, 0.15) is 29.8 Å². The first kappa shape index (κ1) is 21.7. The molecule has 28 heavy (non-hydrogen) atoms. The summed E-state index contributed by atoms with van der Waals surface area (Å²) < 4.78 is 0. The Hall–Kier alpha value is -2.57. The van der Waals surface area contributed by atoms with Crippen LogP contribution in [0.5, 0.6) is 0 Å². The van der Waals surface area contributed by atoms with Crippen molar-refractivity contribution in [2.24, 2.45) is 0 Å². The molecule has 0 saturated heterocycles. The molecule has 0 aromatic heterocycles. The monoisotopic (exact) mass is 403 g/mol. The lowest BCUT2D eigenvalue weighted by Gasteiger charge is -2.21. The standard InChI is InChI=1S/C21H27ClN4O2/c1-4-26(5-2)19-11-9-17(10-12-19)21(28)24-23-20(27)15-25(3)14-16-7-6-8-18(22)13-16/h6-13H,4-5,14-15H2,1-3H3,(H,23,27)(H,24,28)/p+1. The van der Waals surface area contributed by atoms with Gasteiger partial charge in [-0.25, -0.2) is 0 Å². The number of amides is 2. The van der Waals surface area contributed by atoms with E-state index in [4.69, 9.17) is 11.6 Å². The zero-order valence-electron chi connectivity index (χ0n) is 16.6. The predicted octanol–water partition coefficient (Wildman–Crippen LogP) is 1.66. The average Bonchev–Trinajstić information content (AvgIpc) is 2.67. The molecule has 7 heteroatoms. The zero-order chi connectivity index (χ0) is 20.5. The molecule has 2 aromatic carbocycles. The smallest absolute Gasteiger partial charge is 0.293 e. The second-order valence-corrected chi connectivity index (χ2v) is 7.10. The molecule has 2 aromatic rings. The van der Waals surface area contributed by atoms with E-state index in [2.05, 4.69) is 29.6 Å². The van der Waals surface area contributed by atoms with Crippen LogP contribution in [0.15, 0.2) is 48.5 Å². The molecular weight excluding hydrogens is 376 g/mol. The van der Waals surface area contributed by atoms with Gasteiger partial charge in [-0.3, -0.25) is 20.4 Å². The summed E-state index contributed by atoms with van der Waals surface area (Å²) in [5.74, 6) is -0.598. The molecule has 0 fully saturated rings. The van der Waals surface area contributed by atoms with Crippen LogP contribution >= 0.6 is 11.6 Å². The number of carbonyl (C=O) groups excluding carboxylic acids is 2. The number of carbonyl (C=O) groups is 2. The molecule has 150 valence electrons. The van der Waals surface area contributed by atoms with Gasteiger partial charge in [-0.05, 0) is 50.2 Å². The van der Waals surface area contributed by atoms with E-state index in [1.54, 1.807) is 12.1 Å². The van der Waals surface area contributed by atoms with Gasteiger partial charge in [-0.1, -0.05) is 23.7 Å². The van der Waals surface area contributed by atoms with Gasteiger partial charge in [0.15, 0.2) is 6.54 Å². The number of likely N-dealkylation sites (N-methyl/N-ethyl adjacent to an activating group) is 1. The Bertz CT molecular complexity index is 791. The third-order valence-corrected chi connectivity index (χ3v) is 4.67. The predicted molar refractivity (Wildman–Crippen MR) is 113 cm³/mol. The molecular formula is C21H28ClN4O2+. The van der Waals surface area contributed by atoms with Crippen molar-refractivity contribution in [2.45, 2.75) is 20.4 Å². The zero-order valence-corrected chi connectivity index (χ0v) is 17.3. The second kappa shape index (κ2) is 10.7. The minimum atomic E-state index is -0.341. The van der Waals surface area contributed by atoms with Gasteiger partial charge in [0.1, 0.15) is 6.54 Å². The molecule has 6 nitrogen and oxygen atoms in total. The molecule has 1 atom stereocenters. The molecule has 1 unspecified atom stereocenters. The molecule has 0 heterocycles. The number of rotatable bonds is 8. The summed E-state index contributed by atoms with van der Waals surface area (Å²) in [5, 5.41) is 0.675. The summed E-state index contributed by atoms with van der Waals surface area (Å²) in [6.07, 6.45) is 0. The van der Waals surface area contributed by atoms with Crippen LogP contribution in [0, 0.1) is 0 Å². The first-order valence-electron chi connectivity index (χ1n) is 9.42. The Kier molecular flexibility index (Phi) is 8.29. The summed E-state index contributed by atoms with van der Waals surface area (Å²) >= 11 is 5.98. The highest BCUT2D eigenvalue weighted by atomic mass is 35.5. The molecule has 2 amide bonds. The van der Waals surface area contributed by atoms with E-state index < -0.39 is 0 Å². The minimum absolute atomic E-state index is 0.230. The maximum Gasteiger partial charge on any atom is 0.293 e. The number of nitrogens with zero attached hydrogens (tertiary/aromatic N) is 1. The SMILES string of the molecule is CCN(CC)c1ccc(C(=O)NNC(=O)C[NH+](C)Cc2cccc(Cl)c2)cc1. The van der Waals surface area contributed by atoms with E-state index in [1.165, 1.54) is 0 Å². The molecule has 0 aliphatic carbocycles. The highest BCUT2D eigenvalue weighted by Crippen LogP contribution is 2.14. The van der Waals surface area contributed by atoms with Crippen molar-refractivity contribution in [3.63, 3.8) is 0 Å². The van der Waals surface area contributed by atoms with Crippen molar-refractivity contribution >= 4 is 29.1 Å². The highest BCUT2D eigenvalue weighted by Gasteiger charge is 2.13. The topological polar surface area (TPSA) is 65.9 Å². The summed E-state index contributed by atoms with van der Waals surface area (Å²) in [5.41, 5.74) is 7.55. The van der Waals surface area contributed by atoms with Crippen LogP contribution in [0.25, 0.3) is 0 Å². The molecule has 0 saturated carbocycles. The highest BCUT2D eigenvalue weighted by molar-refractivity contribution is 6.30. The first-order chi connectivity index (χ1) is 13.4. The third-order valence-electron chi connectivity index (χ3n) is 4.43. The Labute approximate surface area is 171 Å². The summed E-state index contributed by atoms with van der Waals surface area (Å²) in [4.78, 5) is 27.5. The fourth-order valence-corrected chi connectivity index (χ4v) is 3.20. The van der Waals surface area contributed by atoms with Crippen LogP contribution in [0.3, 0.4) is 0 Å². The van der Waals surface area contributed by atoms with E-state index in [9.17, 15) is 9.59 Å². The van der Waals surface area contributed by atoms with Gasteiger partial charge >= 0.3 is 0 Å². The number of anilines is 1. The molecule has 0 aliphatic rings. The lowest BCUT2D eigenvalue weighted by Crippen LogP contribution is -3.09. The Morgan fingerprint density at radius 1 is 1.04 bits per heavy atom. The van der Waals surface area contributed by atoms with Crippen LogP contribution in [0.4, 0.5) is 5.69 Å². The van der Waals surface area contributed by atoms with Crippen LogP contribution < -0.4 is 20.7 Å². The van der Waals surface area contributed by atoms with E-state index in [-0.39, 0.29) is 18.4 Å². The summed E-state index contributed by atoms with van der Waals surface area (Å²) in [7, 11) is 1.91. The Balaban J connectivity index is 1.80. The van der Waals surface area contributed by atoms with Crippen molar-refractivity contribution in [1.82, 2.24) is 10.9 Å². The molecule has 0 aliphatic heterocycles. The number of hydrogen-bond acceptors (Lipinski definition) is 3. The van der Waals surface area contributed by atoms with Crippen LogP contribution in [0.2, 0.25) is 5.02 Å². The van der Waals surface area contributed by atoms with Gasteiger partial charge < -0.3 is 9.80 Å².